The molecule has 2 aliphatic rings. The molecular formula is C25H33BrClN3O2. The van der Waals surface area contributed by atoms with Gasteiger partial charge in [-0.1, -0.05) is 46.3 Å². The molecule has 0 aliphatic carbocycles. The van der Waals surface area contributed by atoms with Gasteiger partial charge in [0.05, 0.1) is 12.5 Å². The molecule has 32 heavy (non-hydrogen) atoms. The Morgan fingerprint density at radius 2 is 1.72 bits per heavy atom. The van der Waals surface area contributed by atoms with Crippen LogP contribution in [0.25, 0.3) is 0 Å². The lowest BCUT2D eigenvalue weighted by molar-refractivity contribution is -0.138. The van der Waals surface area contributed by atoms with Crippen molar-refractivity contribution >= 4 is 34.2 Å². The summed E-state index contributed by atoms with van der Waals surface area (Å²) in [5.74, 6) is 1.20. The van der Waals surface area contributed by atoms with E-state index in [2.05, 4.69) is 37.9 Å². The van der Waals surface area contributed by atoms with Gasteiger partial charge < -0.3 is 20.3 Å². The van der Waals surface area contributed by atoms with Crippen LogP contribution in [0.5, 0.6) is 5.75 Å². The summed E-state index contributed by atoms with van der Waals surface area (Å²) in [6.45, 7) is 4.47. The molecule has 2 aromatic carbocycles. The number of nitrogens with two attached hydrogens (primary N) is 1. The van der Waals surface area contributed by atoms with Crippen LogP contribution in [0.1, 0.15) is 42.9 Å². The third-order valence-electron chi connectivity index (χ3n) is 7.00. The van der Waals surface area contributed by atoms with Crippen LogP contribution >= 0.6 is 28.3 Å². The monoisotopic (exact) mass is 521 g/mol. The van der Waals surface area contributed by atoms with E-state index >= 15 is 0 Å². The number of likely N-dealkylation sites (tertiary alicyclic amines) is 2. The molecule has 2 heterocycles. The van der Waals surface area contributed by atoms with E-state index in [4.69, 9.17) is 10.5 Å². The van der Waals surface area contributed by atoms with Crippen molar-refractivity contribution in [1.29, 1.82) is 0 Å². The number of amides is 1. The third kappa shape index (κ3) is 5.48. The zero-order valence-electron chi connectivity index (χ0n) is 18.6. The van der Waals surface area contributed by atoms with Gasteiger partial charge in [0.25, 0.3) is 0 Å². The molecule has 0 aromatic heterocycles. The Bertz CT molecular complexity index is 900. The molecule has 1 atom stereocenters. The summed E-state index contributed by atoms with van der Waals surface area (Å²) in [5, 5.41) is 0. The van der Waals surface area contributed by atoms with Gasteiger partial charge in [-0.25, -0.2) is 0 Å². The first-order chi connectivity index (χ1) is 15.0. The molecule has 1 unspecified atom stereocenters. The molecule has 2 fully saturated rings. The number of hydrogen-bond donors (Lipinski definition) is 1. The van der Waals surface area contributed by atoms with Gasteiger partial charge in [0.1, 0.15) is 5.75 Å². The lowest BCUT2D eigenvalue weighted by atomic mass is 9.77. The van der Waals surface area contributed by atoms with Crippen LogP contribution in [0, 0.1) is 5.41 Å². The third-order valence-corrected chi connectivity index (χ3v) is 7.52. The van der Waals surface area contributed by atoms with Crippen molar-refractivity contribution in [2.75, 3.05) is 33.3 Å². The number of carbonyl (C=O) groups is 1. The van der Waals surface area contributed by atoms with Gasteiger partial charge in [-0.05, 0) is 69.1 Å². The normalized spacial score (nSPS) is 19.1. The molecular weight excluding hydrogens is 490 g/mol. The van der Waals surface area contributed by atoms with Crippen LogP contribution in [-0.4, -0.2) is 49.0 Å². The van der Waals surface area contributed by atoms with Crippen LogP contribution in [0.15, 0.2) is 53.0 Å². The number of ether oxygens (including phenoxy) is 1. The molecule has 1 spiro atoms. The quantitative estimate of drug-likeness (QED) is 0.568. The first kappa shape index (κ1) is 25.0. The second-order valence-corrected chi connectivity index (χ2v) is 9.78. The number of halogens is 2. The molecule has 7 heteroatoms. The van der Waals surface area contributed by atoms with E-state index in [-0.39, 0.29) is 23.9 Å². The number of rotatable bonds is 7. The van der Waals surface area contributed by atoms with E-state index in [1.807, 2.05) is 36.4 Å². The number of hydrogen-bond acceptors (Lipinski definition) is 4. The van der Waals surface area contributed by atoms with E-state index in [0.717, 1.165) is 67.6 Å². The predicted molar refractivity (Wildman–Crippen MR) is 134 cm³/mol. The fraction of sp³-hybridized carbons (Fsp3) is 0.480. The summed E-state index contributed by atoms with van der Waals surface area (Å²) in [6.07, 6.45) is 3.77. The highest BCUT2D eigenvalue weighted by atomic mass is 79.9. The Morgan fingerprint density at radius 3 is 2.41 bits per heavy atom. The van der Waals surface area contributed by atoms with Gasteiger partial charge >= 0.3 is 0 Å². The number of nitrogens with zero attached hydrogens (tertiary/aromatic N) is 2. The SMILES string of the molecule is COc1ccccc1C(N)CCN1CCC2(CC1)CCN(Cc1ccc(Br)cc1)C2=O.Cl. The minimum atomic E-state index is -0.156. The van der Waals surface area contributed by atoms with Crippen molar-refractivity contribution in [2.45, 2.75) is 38.3 Å². The van der Waals surface area contributed by atoms with Crippen molar-refractivity contribution < 1.29 is 9.53 Å². The Hall–Kier alpha value is -1.60. The lowest BCUT2D eigenvalue weighted by Crippen LogP contribution is -2.45. The molecule has 174 valence electrons. The molecule has 2 aromatic rings. The molecule has 2 N–H and O–H groups in total. The molecule has 0 saturated carbocycles. The Labute approximate surface area is 205 Å². The largest absolute Gasteiger partial charge is 0.496 e. The van der Waals surface area contributed by atoms with Gasteiger partial charge in [0, 0.05) is 29.2 Å². The van der Waals surface area contributed by atoms with Gasteiger partial charge in [-0.3, -0.25) is 4.79 Å². The molecule has 2 aliphatic heterocycles. The smallest absolute Gasteiger partial charge is 0.229 e. The number of methoxy groups -OCH3 is 1. The van der Waals surface area contributed by atoms with E-state index in [9.17, 15) is 4.79 Å². The van der Waals surface area contributed by atoms with Crippen molar-refractivity contribution in [2.24, 2.45) is 11.1 Å². The minimum absolute atomic E-state index is 0. The van der Waals surface area contributed by atoms with Crippen molar-refractivity contribution in [3.63, 3.8) is 0 Å². The fourth-order valence-electron chi connectivity index (χ4n) is 4.97. The summed E-state index contributed by atoms with van der Waals surface area (Å²) < 4.78 is 6.52. The molecule has 4 rings (SSSR count). The highest BCUT2D eigenvalue weighted by molar-refractivity contribution is 9.10. The van der Waals surface area contributed by atoms with E-state index in [1.165, 1.54) is 5.56 Å². The molecule has 0 bridgehead atoms. The summed E-state index contributed by atoms with van der Waals surface area (Å²) in [7, 11) is 1.69. The van der Waals surface area contributed by atoms with Gasteiger partial charge in [-0.2, -0.15) is 0 Å². The van der Waals surface area contributed by atoms with Gasteiger partial charge in [-0.15, -0.1) is 12.4 Å². The first-order valence-corrected chi connectivity index (χ1v) is 11.9. The lowest BCUT2D eigenvalue weighted by Gasteiger charge is -2.38. The molecule has 2 saturated heterocycles. The van der Waals surface area contributed by atoms with Crippen molar-refractivity contribution in [3.8, 4) is 5.75 Å². The summed E-state index contributed by atoms with van der Waals surface area (Å²) in [4.78, 5) is 17.8. The molecule has 5 nitrogen and oxygen atoms in total. The minimum Gasteiger partial charge on any atom is -0.496 e. The Kier molecular flexibility index (Phi) is 8.62. The average Bonchev–Trinajstić information content (AvgIpc) is 3.09. The maximum Gasteiger partial charge on any atom is 0.229 e. The van der Waals surface area contributed by atoms with Crippen molar-refractivity contribution in [3.05, 3.63) is 64.1 Å². The maximum atomic E-state index is 13.2. The number of piperidine rings is 1. The van der Waals surface area contributed by atoms with Gasteiger partial charge in [0.2, 0.25) is 5.91 Å². The number of carbonyl (C=O) groups excluding carboxylic acids is 1. The number of benzene rings is 2. The molecule has 0 radical (unpaired) electrons. The van der Waals surface area contributed by atoms with Crippen LogP contribution in [0.2, 0.25) is 0 Å². The predicted octanol–water partition coefficient (Wildman–Crippen LogP) is 4.78. The highest BCUT2D eigenvalue weighted by Gasteiger charge is 2.47. The Morgan fingerprint density at radius 1 is 1.06 bits per heavy atom. The zero-order chi connectivity index (χ0) is 21.8. The maximum absolute atomic E-state index is 13.2. The molecule has 1 amide bonds. The summed E-state index contributed by atoms with van der Waals surface area (Å²) >= 11 is 3.48. The summed E-state index contributed by atoms with van der Waals surface area (Å²) in [5.41, 5.74) is 8.55. The van der Waals surface area contributed by atoms with Gasteiger partial charge in [0.15, 0.2) is 0 Å². The second-order valence-electron chi connectivity index (χ2n) is 8.86. The highest BCUT2D eigenvalue weighted by Crippen LogP contribution is 2.42. The van der Waals surface area contributed by atoms with E-state index < -0.39 is 0 Å². The second kappa shape index (κ2) is 11.0. The van der Waals surface area contributed by atoms with E-state index in [0.29, 0.717) is 12.5 Å². The van der Waals surface area contributed by atoms with Crippen LogP contribution in [-0.2, 0) is 11.3 Å². The zero-order valence-corrected chi connectivity index (χ0v) is 21.0. The first-order valence-electron chi connectivity index (χ1n) is 11.2. The Balaban J connectivity index is 0.00000289. The average molecular weight is 523 g/mol. The van der Waals surface area contributed by atoms with Crippen molar-refractivity contribution in [1.82, 2.24) is 9.80 Å². The van der Waals surface area contributed by atoms with Crippen LogP contribution in [0.3, 0.4) is 0 Å². The van der Waals surface area contributed by atoms with Crippen LogP contribution < -0.4 is 10.5 Å². The fourth-order valence-corrected chi connectivity index (χ4v) is 5.24. The van der Waals surface area contributed by atoms with E-state index in [1.54, 1.807) is 7.11 Å². The van der Waals surface area contributed by atoms with Crippen LogP contribution in [0.4, 0.5) is 0 Å². The standard InChI is InChI=1S/C25H32BrN3O2.ClH/c1-31-23-5-3-2-4-21(23)22(27)10-14-28-15-11-25(12-16-28)13-17-29(24(25)30)18-19-6-8-20(26)9-7-19;/h2-9,22H,10-18,27H2,1H3;1H. The number of para-hydroxylation sites is 1. The topological polar surface area (TPSA) is 58.8 Å². The summed E-state index contributed by atoms with van der Waals surface area (Å²) in [6, 6.07) is 16.2.